The second-order valence-electron chi connectivity index (χ2n) is 3.91. The van der Waals surface area contributed by atoms with Gasteiger partial charge in [-0.25, -0.2) is 9.97 Å². The Morgan fingerprint density at radius 1 is 1.33 bits per heavy atom. The van der Waals surface area contributed by atoms with Crippen LogP contribution in [0.25, 0.3) is 5.82 Å². The number of anilines is 1. The summed E-state index contributed by atoms with van der Waals surface area (Å²) in [6, 6.07) is 0. The van der Waals surface area contributed by atoms with E-state index in [2.05, 4.69) is 32.3 Å². The molecule has 6 nitrogen and oxygen atoms in total. The fourth-order valence-electron chi connectivity index (χ4n) is 1.55. The standard InChI is InChI=1S/C11H15ClN6/c1-4-5-13-11-14-6-9(12)10(16-11)18-8(3)15-7(2)17-18/h6H,4-5H2,1-3H3,(H,13,14,16). The third-order valence-electron chi connectivity index (χ3n) is 2.33. The smallest absolute Gasteiger partial charge is 0.224 e. The molecule has 18 heavy (non-hydrogen) atoms. The first-order chi connectivity index (χ1) is 8.61. The molecular formula is C11H15ClN6. The summed E-state index contributed by atoms with van der Waals surface area (Å²) < 4.78 is 1.62. The van der Waals surface area contributed by atoms with Crippen molar-refractivity contribution < 1.29 is 0 Å². The summed E-state index contributed by atoms with van der Waals surface area (Å²) in [6.07, 6.45) is 2.57. The highest BCUT2D eigenvalue weighted by molar-refractivity contribution is 6.32. The van der Waals surface area contributed by atoms with E-state index in [1.54, 1.807) is 10.9 Å². The van der Waals surface area contributed by atoms with Crippen LogP contribution < -0.4 is 5.32 Å². The summed E-state index contributed by atoms with van der Waals surface area (Å²) in [5, 5.41) is 7.83. The lowest BCUT2D eigenvalue weighted by molar-refractivity contribution is 0.797. The third-order valence-corrected chi connectivity index (χ3v) is 2.60. The molecule has 7 heteroatoms. The SMILES string of the molecule is CCCNc1ncc(Cl)c(-n2nc(C)nc2C)n1. The van der Waals surface area contributed by atoms with Gasteiger partial charge < -0.3 is 5.32 Å². The summed E-state index contributed by atoms with van der Waals surface area (Å²) in [4.78, 5) is 12.7. The fraction of sp³-hybridized carbons (Fsp3) is 0.455. The normalized spacial score (nSPS) is 10.7. The molecular weight excluding hydrogens is 252 g/mol. The first kappa shape index (κ1) is 12.8. The average Bonchev–Trinajstić information content (AvgIpc) is 2.67. The Kier molecular flexibility index (Phi) is 3.76. The molecule has 2 rings (SSSR count). The Bertz CT molecular complexity index is 550. The molecule has 0 atom stereocenters. The predicted molar refractivity (Wildman–Crippen MR) is 70.2 cm³/mol. The van der Waals surface area contributed by atoms with Crippen LogP contribution in [0.15, 0.2) is 6.20 Å². The van der Waals surface area contributed by atoms with E-state index < -0.39 is 0 Å². The van der Waals surface area contributed by atoms with Gasteiger partial charge in [0.05, 0.1) is 6.20 Å². The number of nitrogens with one attached hydrogen (secondary N) is 1. The Morgan fingerprint density at radius 3 is 2.72 bits per heavy atom. The summed E-state index contributed by atoms with van der Waals surface area (Å²) in [5.74, 6) is 2.52. The van der Waals surface area contributed by atoms with Crippen molar-refractivity contribution in [3.05, 3.63) is 22.9 Å². The van der Waals surface area contributed by atoms with Gasteiger partial charge in [0.1, 0.15) is 16.7 Å². The second-order valence-corrected chi connectivity index (χ2v) is 4.32. The zero-order valence-corrected chi connectivity index (χ0v) is 11.4. The van der Waals surface area contributed by atoms with Crippen LogP contribution in [0.4, 0.5) is 5.95 Å². The summed E-state index contributed by atoms with van der Waals surface area (Å²) in [5.41, 5.74) is 0. The van der Waals surface area contributed by atoms with Gasteiger partial charge in [-0.2, -0.15) is 9.67 Å². The molecule has 0 bridgehead atoms. The van der Waals surface area contributed by atoms with E-state index >= 15 is 0 Å². The highest BCUT2D eigenvalue weighted by Crippen LogP contribution is 2.19. The maximum Gasteiger partial charge on any atom is 0.224 e. The summed E-state index contributed by atoms with van der Waals surface area (Å²) in [7, 11) is 0. The predicted octanol–water partition coefficient (Wildman–Crippen LogP) is 2.15. The van der Waals surface area contributed by atoms with Crippen LogP contribution in [0, 0.1) is 13.8 Å². The van der Waals surface area contributed by atoms with Gasteiger partial charge in [-0.05, 0) is 20.3 Å². The van der Waals surface area contributed by atoms with E-state index in [4.69, 9.17) is 11.6 Å². The molecule has 0 aromatic carbocycles. The number of hydrogen-bond donors (Lipinski definition) is 1. The van der Waals surface area contributed by atoms with Crippen LogP contribution >= 0.6 is 11.6 Å². The van der Waals surface area contributed by atoms with E-state index in [9.17, 15) is 0 Å². The number of halogens is 1. The molecule has 2 aromatic heterocycles. The molecule has 0 saturated heterocycles. The van der Waals surface area contributed by atoms with Crippen LogP contribution in [-0.4, -0.2) is 31.3 Å². The lowest BCUT2D eigenvalue weighted by Gasteiger charge is -2.07. The van der Waals surface area contributed by atoms with Crippen LogP contribution in [0.1, 0.15) is 25.0 Å². The number of aromatic nitrogens is 5. The molecule has 0 saturated carbocycles. The van der Waals surface area contributed by atoms with E-state index in [1.807, 2.05) is 13.8 Å². The topological polar surface area (TPSA) is 68.5 Å². The van der Waals surface area contributed by atoms with Crippen molar-refractivity contribution in [2.75, 3.05) is 11.9 Å². The second kappa shape index (κ2) is 5.30. The highest BCUT2D eigenvalue weighted by atomic mass is 35.5. The van der Waals surface area contributed by atoms with E-state index in [-0.39, 0.29) is 0 Å². The minimum Gasteiger partial charge on any atom is -0.354 e. The van der Waals surface area contributed by atoms with Crippen LogP contribution in [-0.2, 0) is 0 Å². The zero-order valence-electron chi connectivity index (χ0n) is 10.6. The summed E-state index contributed by atoms with van der Waals surface area (Å²) >= 11 is 6.10. The maximum absolute atomic E-state index is 6.10. The van der Waals surface area contributed by atoms with Gasteiger partial charge in [-0.1, -0.05) is 18.5 Å². The molecule has 0 amide bonds. The Hall–Kier alpha value is -1.69. The molecule has 0 aliphatic heterocycles. The largest absolute Gasteiger partial charge is 0.354 e. The summed E-state index contributed by atoms with van der Waals surface area (Å²) in [6.45, 7) is 6.58. The lowest BCUT2D eigenvalue weighted by Crippen LogP contribution is -2.09. The van der Waals surface area contributed by atoms with Gasteiger partial charge in [0, 0.05) is 6.54 Å². The third kappa shape index (κ3) is 2.59. The van der Waals surface area contributed by atoms with E-state index in [0.717, 1.165) is 18.8 Å². The molecule has 96 valence electrons. The van der Waals surface area contributed by atoms with Crippen LogP contribution in [0.3, 0.4) is 0 Å². The molecule has 0 fully saturated rings. The van der Waals surface area contributed by atoms with E-state index in [1.165, 1.54) is 0 Å². The Morgan fingerprint density at radius 2 is 2.11 bits per heavy atom. The van der Waals surface area contributed by atoms with Gasteiger partial charge in [-0.15, -0.1) is 5.10 Å². The first-order valence-electron chi connectivity index (χ1n) is 5.79. The van der Waals surface area contributed by atoms with Gasteiger partial charge in [0.15, 0.2) is 5.82 Å². The van der Waals surface area contributed by atoms with Gasteiger partial charge in [0.2, 0.25) is 5.95 Å². The van der Waals surface area contributed by atoms with Crippen molar-refractivity contribution in [2.24, 2.45) is 0 Å². The first-order valence-corrected chi connectivity index (χ1v) is 6.16. The molecule has 0 aliphatic carbocycles. The van der Waals surface area contributed by atoms with Crippen molar-refractivity contribution in [1.82, 2.24) is 24.7 Å². The van der Waals surface area contributed by atoms with Crippen LogP contribution in [0.5, 0.6) is 0 Å². The molecule has 0 radical (unpaired) electrons. The fourth-order valence-corrected chi connectivity index (χ4v) is 1.72. The Balaban J connectivity index is 2.40. The van der Waals surface area contributed by atoms with E-state index in [0.29, 0.717) is 22.6 Å². The van der Waals surface area contributed by atoms with Gasteiger partial charge in [0.25, 0.3) is 0 Å². The highest BCUT2D eigenvalue weighted by Gasteiger charge is 2.12. The van der Waals surface area contributed by atoms with Crippen molar-refractivity contribution in [1.29, 1.82) is 0 Å². The number of hydrogen-bond acceptors (Lipinski definition) is 5. The van der Waals surface area contributed by atoms with Crippen molar-refractivity contribution in [3.8, 4) is 5.82 Å². The molecule has 2 aromatic rings. The maximum atomic E-state index is 6.10. The van der Waals surface area contributed by atoms with Crippen molar-refractivity contribution in [3.63, 3.8) is 0 Å². The lowest BCUT2D eigenvalue weighted by atomic mass is 10.5. The average molecular weight is 267 g/mol. The minimum absolute atomic E-state index is 0.449. The number of rotatable bonds is 4. The zero-order chi connectivity index (χ0) is 13.1. The minimum atomic E-state index is 0.449. The molecule has 0 spiro atoms. The van der Waals surface area contributed by atoms with Gasteiger partial charge in [-0.3, -0.25) is 0 Å². The Labute approximate surface area is 110 Å². The van der Waals surface area contributed by atoms with Crippen molar-refractivity contribution >= 4 is 17.5 Å². The van der Waals surface area contributed by atoms with Gasteiger partial charge >= 0.3 is 0 Å². The van der Waals surface area contributed by atoms with Crippen LogP contribution in [0.2, 0.25) is 5.02 Å². The monoisotopic (exact) mass is 266 g/mol. The van der Waals surface area contributed by atoms with Crippen molar-refractivity contribution in [2.45, 2.75) is 27.2 Å². The molecule has 2 heterocycles. The molecule has 0 unspecified atom stereocenters. The quantitative estimate of drug-likeness (QED) is 0.918. The molecule has 1 N–H and O–H groups in total. The number of aryl methyl sites for hydroxylation is 2. The number of nitrogens with zero attached hydrogens (tertiary/aromatic N) is 5. The molecule has 0 aliphatic rings.